The van der Waals surface area contributed by atoms with Crippen LogP contribution in [-0.2, 0) is 11.2 Å². The molecule has 1 atom stereocenters. The standard InChI is InChI=1S/C21H21ClN4O2S/c1-13-4-2-3-5-17(13)18(25-20(23)28)11-19(27)26-21-24-12-16(29-21)10-14-6-8-15(22)9-7-14/h2-9,12,18H,10-11H2,1H3,(H3,23,25,28)(H,24,26,27)/t18-/m0/s1. The number of primary amides is 1. The molecule has 0 aliphatic heterocycles. The summed E-state index contributed by atoms with van der Waals surface area (Å²) < 4.78 is 0. The fraction of sp³-hybridized carbons (Fsp3) is 0.190. The van der Waals surface area contributed by atoms with Gasteiger partial charge < -0.3 is 16.4 Å². The molecule has 1 heterocycles. The Bertz CT molecular complexity index is 1000. The Morgan fingerprint density at radius 1 is 1.17 bits per heavy atom. The summed E-state index contributed by atoms with van der Waals surface area (Å²) in [5.41, 5.74) is 8.23. The average molecular weight is 429 g/mol. The topological polar surface area (TPSA) is 97.1 Å². The van der Waals surface area contributed by atoms with Gasteiger partial charge in [-0.2, -0.15) is 0 Å². The number of aromatic nitrogens is 1. The van der Waals surface area contributed by atoms with Gasteiger partial charge in [0.1, 0.15) is 0 Å². The summed E-state index contributed by atoms with van der Waals surface area (Å²) in [4.78, 5) is 29.2. The number of thiazole rings is 1. The molecule has 29 heavy (non-hydrogen) atoms. The first-order chi connectivity index (χ1) is 13.9. The second-order valence-electron chi connectivity index (χ2n) is 6.61. The minimum absolute atomic E-state index is 0.0554. The molecule has 3 amide bonds. The molecule has 0 spiro atoms. The van der Waals surface area contributed by atoms with Gasteiger partial charge in [-0.05, 0) is 35.7 Å². The maximum atomic E-state index is 12.5. The summed E-state index contributed by atoms with van der Waals surface area (Å²) in [6.45, 7) is 1.92. The zero-order valence-corrected chi connectivity index (χ0v) is 17.4. The molecule has 1 aromatic heterocycles. The van der Waals surface area contributed by atoms with Crippen LogP contribution < -0.4 is 16.4 Å². The van der Waals surface area contributed by atoms with Crippen LogP contribution in [0.3, 0.4) is 0 Å². The van der Waals surface area contributed by atoms with Gasteiger partial charge in [0.25, 0.3) is 0 Å². The molecular weight excluding hydrogens is 408 g/mol. The highest BCUT2D eigenvalue weighted by molar-refractivity contribution is 7.15. The molecule has 0 aliphatic carbocycles. The Hall–Kier alpha value is -2.90. The molecule has 8 heteroatoms. The van der Waals surface area contributed by atoms with Gasteiger partial charge in [0.2, 0.25) is 5.91 Å². The number of carbonyl (C=O) groups excluding carboxylic acids is 2. The third-order valence-corrected chi connectivity index (χ3v) is 5.53. The van der Waals surface area contributed by atoms with Gasteiger partial charge in [0.15, 0.2) is 5.13 Å². The van der Waals surface area contributed by atoms with Crippen molar-refractivity contribution in [1.82, 2.24) is 10.3 Å². The van der Waals surface area contributed by atoms with E-state index >= 15 is 0 Å². The molecule has 0 aliphatic rings. The first-order valence-electron chi connectivity index (χ1n) is 9.01. The van der Waals surface area contributed by atoms with Crippen molar-refractivity contribution >= 4 is 40.0 Å². The van der Waals surface area contributed by atoms with Crippen molar-refractivity contribution in [2.75, 3.05) is 5.32 Å². The molecule has 4 N–H and O–H groups in total. The number of hydrogen-bond donors (Lipinski definition) is 3. The fourth-order valence-electron chi connectivity index (χ4n) is 2.99. The van der Waals surface area contributed by atoms with Gasteiger partial charge in [0.05, 0.1) is 12.5 Å². The highest BCUT2D eigenvalue weighted by atomic mass is 35.5. The second kappa shape index (κ2) is 9.54. The van der Waals surface area contributed by atoms with Gasteiger partial charge >= 0.3 is 6.03 Å². The minimum Gasteiger partial charge on any atom is -0.352 e. The van der Waals surface area contributed by atoms with E-state index in [0.717, 1.165) is 21.6 Å². The van der Waals surface area contributed by atoms with Crippen LogP contribution in [0.1, 0.15) is 34.0 Å². The number of nitrogens with one attached hydrogen (secondary N) is 2. The summed E-state index contributed by atoms with van der Waals surface area (Å²) in [5, 5.41) is 6.66. The number of carbonyl (C=O) groups is 2. The molecule has 0 unspecified atom stereocenters. The van der Waals surface area contributed by atoms with Crippen molar-refractivity contribution < 1.29 is 9.59 Å². The maximum Gasteiger partial charge on any atom is 0.312 e. The van der Waals surface area contributed by atoms with Gasteiger partial charge in [-0.25, -0.2) is 9.78 Å². The minimum atomic E-state index is -0.675. The highest BCUT2D eigenvalue weighted by Crippen LogP contribution is 2.24. The van der Waals surface area contributed by atoms with Crippen LogP contribution in [0, 0.1) is 6.92 Å². The molecule has 0 saturated carbocycles. The lowest BCUT2D eigenvalue weighted by Gasteiger charge is -2.19. The molecule has 0 saturated heterocycles. The van der Waals surface area contributed by atoms with Crippen LogP contribution in [0.4, 0.5) is 9.93 Å². The zero-order chi connectivity index (χ0) is 20.8. The zero-order valence-electron chi connectivity index (χ0n) is 15.8. The number of benzene rings is 2. The largest absolute Gasteiger partial charge is 0.352 e. The summed E-state index contributed by atoms with van der Waals surface area (Å²) >= 11 is 7.32. The van der Waals surface area contributed by atoms with Crippen LogP contribution in [0.2, 0.25) is 5.02 Å². The van der Waals surface area contributed by atoms with E-state index < -0.39 is 12.1 Å². The fourth-order valence-corrected chi connectivity index (χ4v) is 3.98. The van der Waals surface area contributed by atoms with E-state index in [4.69, 9.17) is 17.3 Å². The number of aryl methyl sites for hydroxylation is 1. The normalized spacial score (nSPS) is 11.7. The predicted octanol–water partition coefficient (Wildman–Crippen LogP) is 4.43. The molecule has 6 nitrogen and oxygen atoms in total. The third kappa shape index (κ3) is 6.04. The number of halogens is 1. The third-order valence-electron chi connectivity index (χ3n) is 4.36. The number of urea groups is 1. The van der Waals surface area contributed by atoms with Crippen LogP contribution in [0.15, 0.2) is 54.7 Å². The van der Waals surface area contributed by atoms with E-state index in [0.29, 0.717) is 16.6 Å². The van der Waals surface area contributed by atoms with Crippen molar-refractivity contribution in [3.8, 4) is 0 Å². The van der Waals surface area contributed by atoms with Gasteiger partial charge in [-0.1, -0.05) is 48.0 Å². The lowest BCUT2D eigenvalue weighted by atomic mass is 9.98. The molecule has 3 rings (SSSR count). The number of nitrogens with two attached hydrogens (primary N) is 1. The van der Waals surface area contributed by atoms with E-state index in [1.807, 2.05) is 55.5 Å². The monoisotopic (exact) mass is 428 g/mol. The summed E-state index contributed by atoms with van der Waals surface area (Å²) in [6.07, 6.45) is 2.51. The van der Waals surface area contributed by atoms with Gasteiger partial charge in [0, 0.05) is 22.5 Å². The Morgan fingerprint density at radius 3 is 2.59 bits per heavy atom. The Balaban J connectivity index is 1.64. The summed E-state index contributed by atoms with van der Waals surface area (Å²) in [7, 11) is 0. The lowest BCUT2D eigenvalue weighted by molar-refractivity contribution is -0.116. The average Bonchev–Trinajstić information content (AvgIpc) is 3.10. The Labute approximate surface area is 178 Å². The van der Waals surface area contributed by atoms with Crippen molar-refractivity contribution in [2.24, 2.45) is 5.73 Å². The number of hydrogen-bond acceptors (Lipinski definition) is 4. The van der Waals surface area contributed by atoms with Crippen molar-refractivity contribution in [3.63, 3.8) is 0 Å². The Kier molecular flexibility index (Phi) is 6.85. The van der Waals surface area contributed by atoms with Gasteiger partial charge in [-0.15, -0.1) is 11.3 Å². The van der Waals surface area contributed by atoms with Crippen molar-refractivity contribution in [1.29, 1.82) is 0 Å². The number of anilines is 1. The first-order valence-corrected chi connectivity index (χ1v) is 10.2. The van der Waals surface area contributed by atoms with Crippen LogP contribution in [-0.4, -0.2) is 16.9 Å². The predicted molar refractivity (Wildman–Crippen MR) is 116 cm³/mol. The molecule has 0 fully saturated rings. The lowest BCUT2D eigenvalue weighted by Crippen LogP contribution is -2.35. The molecular formula is C21H21ClN4O2S. The highest BCUT2D eigenvalue weighted by Gasteiger charge is 2.19. The number of amides is 3. The van der Waals surface area contributed by atoms with Crippen LogP contribution >= 0.6 is 22.9 Å². The van der Waals surface area contributed by atoms with Crippen LogP contribution in [0.25, 0.3) is 0 Å². The van der Waals surface area contributed by atoms with Crippen molar-refractivity contribution in [2.45, 2.75) is 25.8 Å². The first kappa shape index (κ1) is 20.8. The van der Waals surface area contributed by atoms with E-state index in [-0.39, 0.29) is 12.3 Å². The summed E-state index contributed by atoms with van der Waals surface area (Å²) in [5.74, 6) is -0.251. The molecule has 2 aromatic carbocycles. The van der Waals surface area contributed by atoms with Crippen molar-refractivity contribution in [3.05, 3.63) is 81.3 Å². The number of rotatable bonds is 7. The Morgan fingerprint density at radius 2 is 1.90 bits per heavy atom. The maximum absolute atomic E-state index is 12.5. The van der Waals surface area contributed by atoms with E-state index in [9.17, 15) is 9.59 Å². The molecule has 0 radical (unpaired) electrons. The number of nitrogens with zero attached hydrogens (tertiary/aromatic N) is 1. The second-order valence-corrected chi connectivity index (χ2v) is 8.16. The summed E-state index contributed by atoms with van der Waals surface area (Å²) in [6, 6.07) is 14.0. The molecule has 3 aromatic rings. The SMILES string of the molecule is Cc1ccccc1[C@H](CC(=O)Nc1ncc(Cc2ccc(Cl)cc2)s1)NC(N)=O. The van der Waals surface area contributed by atoms with E-state index in [1.165, 1.54) is 11.3 Å². The van der Waals surface area contributed by atoms with Gasteiger partial charge in [-0.3, -0.25) is 4.79 Å². The molecule has 150 valence electrons. The molecule has 0 bridgehead atoms. The smallest absolute Gasteiger partial charge is 0.312 e. The van der Waals surface area contributed by atoms with Crippen LogP contribution in [0.5, 0.6) is 0 Å². The van der Waals surface area contributed by atoms with E-state index in [1.54, 1.807) is 6.20 Å². The quantitative estimate of drug-likeness (QED) is 0.519. The van der Waals surface area contributed by atoms with E-state index in [2.05, 4.69) is 15.6 Å².